The third kappa shape index (κ3) is 5.85. The number of anilines is 8. The van der Waals surface area contributed by atoms with Crippen molar-refractivity contribution in [2.45, 2.75) is 144 Å². The van der Waals surface area contributed by atoms with E-state index in [9.17, 15) is 0 Å². The third-order valence-electron chi connectivity index (χ3n) is 17.2. The molecule has 3 heterocycles. The van der Waals surface area contributed by atoms with Crippen molar-refractivity contribution < 1.29 is 0 Å². The van der Waals surface area contributed by atoms with Crippen LogP contribution in [0.25, 0.3) is 0 Å². The van der Waals surface area contributed by atoms with Gasteiger partial charge in [0.25, 0.3) is 6.71 Å². The van der Waals surface area contributed by atoms with Crippen LogP contribution >= 0.6 is 0 Å². The Kier molecular flexibility index (Phi) is 9.12. The second-order valence-electron chi connectivity index (χ2n) is 24.5. The Balaban J connectivity index is 1.36. The molecule has 4 heteroatoms. The van der Waals surface area contributed by atoms with Gasteiger partial charge < -0.3 is 14.7 Å². The molecule has 0 aromatic heterocycles. The van der Waals surface area contributed by atoms with Crippen LogP contribution in [0.4, 0.5) is 45.5 Å². The van der Waals surface area contributed by atoms with Gasteiger partial charge in [-0.05, 0) is 140 Å². The summed E-state index contributed by atoms with van der Waals surface area (Å²) in [6, 6.07) is 49.8. The lowest BCUT2D eigenvalue weighted by Gasteiger charge is -2.65. The van der Waals surface area contributed by atoms with Crippen LogP contribution in [0.5, 0.6) is 0 Å². The van der Waals surface area contributed by atoms with E-state index in [4.69, 9.17) is 0 Å². The van der Waals surface area contributed by atoms with E-state index in [0.717, 1.165) is 6.42 Å². The van der Waals surface area contributed by atoms with Gasteiger partial charge in [0.1, 0.15) is 0 Å². The Bertz CT molecular complexity index is 2850. The van der Waals surface area contributed by atoms with Crippen molar-refractivity contribution in [2.24, 2.45) is 10.8 Å². The number of hydrogen-bond acceptors (Lipinski definition) is 3. The first-order valence-electron chi connectivity index (χ1n) is 24.0. The second-order valence-corrected chi connectivity index (χ2v) is 24.5. The van der Waals surface area contributed by atoms with Crippen LogP contribution in [-0.4, -0.2) is 12.3 Å². The van der Waals surface area contributed by atoms with E-state index in [1.165, 1.54) is 90.6 Å². The number of fused-ring (bicyclic) bond motifs is 7. The molecule has 1 fully saturated rings. The molecule has 0 amide bonds. The molecule has 4 aliphatic rings. The van der Waals surface area contributed by atoms with Gasteiger partial charge in [-0.3, -0.25) is 0 Å². The summed E-state index contributed by atoms with van der Waals surface area (Å²) in [6.45, 7) is 36.7. The number of para-hydroxylation sites is 2. The fraction of sp³-hybridized carbons (Fsp3) is 0.400. The lowest BCUT2D eigenvalue weighted by Crippen LogP contribution is -2.69. The monoisotopic (exact) mass is 844 g/mol. The Hall–Kier alpha value is -5.22. The van der Waals surface area contributed by atoms with Gasteiger partial charge in [-0.2, -0.15) is 0 Å². The maximum atomic E-state index is 2.84. The molecular weight excluding hydrogens is 773 g/mol. The summed E-state index contributed by atoms with van der Waals surface area (Å²) in [4.78, 5) is 8.06. The van der Waals surface area contributed by atoms with Crippen LogP contribution in [0.15, 0.2) is 127 Å². The second kappa shape index (κ2) is 13.7. The third-order valence-corrected chi connectivity index (χ3v) is 17.2. The van der Waals surface area contributed by atoms with Crippen LogP contribution in [0.1, 0.15) is 139 Å². The minimum absolute atomic E-state index is 0.0155. The average Bonchev–Trinajstić information content (AvgIpc) is 3.46. The summed E-state index contributed by atoms with van der Waals surface area (Å²) in [6.07, 6.45) is 2.33. The van der Waals surface area contributed by atoms with Gasteiger partial charge in [-0.1, -0.05) is 170 Å². The van der Waals surface area contributed by atoms with Gasteiger partial charge in [-0.25, -0.2) is 0 Å². The molecule has 1 aliphatic carbocycles. The van der Waals surface area contributed by atoms with Crippen LogP contribution in [0.3, 0.4) is 0 Å². The SMILES string of the molecule is CC(C)(C)c1cccc(N2c3cc(C(C)(C)C)ccc3B3c4ccccc4N(c4ccccc4)c4cc(N5c6ccc(C(C)(C)C)cc6C6(C)C(C)(C)CCC(C)(C)C56C)cc2c43)c1. The summed E-state index contributed by atoms with van der Waals surface area (Å²) in [5, 5.41) is 0. The van der Waals surface area contributed by atoms with Gasteiger partial charge in [-0.15, -0.1) is 0 Å². The van der Waals surface area contributed by atoms with E-state index in [-0.39, 0.29) is 44.7 Å². The molecule has 328 valence electrons. The Morgan fingerprint density at radius 3 is 1.61 bits per heavy atom. The van der Waals surface area contributed by atoms with Crippen molar-refractivity contribution >= 4 is 68.6 Å². The fourth-order valence-electron chi connectivity index (χ4n) is 12.6. The van der Waals surface area contributed by atoms with E-state index in [1.54, 1.807) is 0 Å². The molecule has 0 bridgehead atoms. The minimum Gasteiger partial charge on any atom is -0.334 e. The molecule has 2 atom stereocenters. The molecule has 0 radical (unpaired) electrons. The molecule has 3 nitrogen and oxygen atoms in total. The Morgan fingerprint density at radius 2 is 0.953 bits per heavy atom. The minimum atomic E-state index is -0.270. The zero-order chi connectivity index (χ0) is 45.7. The summed E-state index contributed by atoms with van der Waals surface area (Å²) in [7, 11) is 0. The first kappa shape index (κ1) is 42.7. The van der Waals surface area contributed by atoms with E-state index in [0.29, 0.717) is 0 Å². The van der Waals surface area contributed by atoms with Crippen molar-refractivity contribution in [2.75, 3.05) is 14.7 Å². The quantitative estimate of drug-likeness (QED) is 0.164. The molecule has 0 saturated heterocycles. The first-order chi connectivity index (χ1) is 29.9. The first-order valence-corrected chi connectivity index (χ1v) is 24.0. The molecule has 0 N–H and O–H groups in total. The van der Waals surface area contributed by atoms with E-state index in [2.05, 4.69) is 246 Å². The molecular formula is C60H70BN3. The normalized spacial score (nSPS) is 21.8. The molecule has 64 heavy (non-hydrogen) atoms. The summed E-state index contributed by atoms with van der Waals surface area (Å²) in [5.74, 6) is 0. The maximum Gasteiger partial charge on any atom is 0.252 e. The molecule has 6 aromatic carbocycles. The largest absolute Gasteiger partial charge is 0.334 e. The molecule has 0 spiro atoms. The van der Waals surface area contributed by atoms with Gasteiger partial charge in [0.05, 0.1) is 5.54 Å². The predicted molar refractivity (Wildman–Crippen MR) is 278 cm³/mol. The van der Waals surface area contributed by atoms with E-state index < -0.39 is 0 Å². The zero-order valence-electron chi connectivity index (χ0n) is 41.5. The number of nitrogens with zero attached hydrogens (tertiary/aromatic N) is 3. The van der Waals surface area contributed by atoms with Crippen molar-refractivity contribution in [1.29, 1.82) is 0 Å². The van der Waals surface area contributed by atoms with Gasteiger partial charge in [0.2, 0.25) is 0 Å². The van der Waals surface area contributed by atoms with Gasteiger partial charge in [0.15, 0.2) is 0 Å². The van der Waals surface area contributed by atoms with Crippen LogP contribution in [0.2, 0.25) is 0 Å². The van der Waals surface area contributed by atoms with Crippen LogP contribution < -0.4 is 31.1 Å². The van der Waals surface area contributed by atoms with Crippen molar-refractivity contribution in [3.8, 4) is 0 Å². The van der Waals surface area contributed by atoms with Crippen molar-refractivity contribution in [3.05, 3.63) is 150 Å². The number of hydrogen-bond donors (Lipinski definition) is 0. The summed E-state index contributed by atoms with van der Waals surface area (Å²) >= 11 is 0. The Morgan fingerprint density at radius 1 is 0.422 bits per heavy atom. The van der Waals surface area contributed by atoms with Crippen LogP contribution in [0, 0.1) is 10.8 Å². The zero-order valence-corrected chi connectivity index (χ0v) is 41.5. The number of benzene rings is 6. The highest BCUT2D eigenvalue weighted by atomic mass is 15.3. The highest BCUT2D eigenvalue weighted by Gasteiger charge is 2.70. The van der Waals surface area contributed by atoms with Gasteiger partial charge >= 0.3 is 0 Å². The maximum absolute atomic E-state index is 2.84. The summed E-state index contributed by atoms with van der Waals surface area (Å²) < 4.78 is 0. The average molecular weight is 844 g/mol. The Labute approximate surface area is 386 Å². The number of rotatable bonds is 3. The van der Waals surface area contributed by atoms with Gasteiger partial charge in [0, 0.05) is 50.9 Å². The van der Waals surface area contributed by atoms with Crippen LogP contribution in [-0.2, 0) is 21.7 Å². The van der Waals surface area contributed by atoms with Crippen molar-refractivity contribution in [1.82, 2.24) is 0 Å². The summed E-state index contributed by atoms with van der Waals surface area (Å²) in [5.41, 5.74) is 19.2. The topological polar surface area (TPSA) is 9.72 Å². The molecule has 1 saturated carbocycles. The molecule has 6 aromatic rings. The van der Waals surface area contributed by atoms with E-state index >= 15 is 0 Å². The standard InChI is InChI=1S/C60H70BN3/c1-54(2,3)39-22-21-25-43(34-39)63-50-36-41(56(7,8)9)28-30-47(50)61-46-26-19-20-27-49(46)62(42-23-17-16-18-24-42)51-37-44(38-52(63)53(51)61)64-48-31-29-40(55(4,5)6)35-45(48)59(14)57(10,11)32-33-58(12,13)60(59,64)15/h16-31,34-38H,32-33H2,1-15H3. The molecule has 10 rings (SSSR count). The molecule has 2 unspecified atom stereocenters. The van der Waals surface area contributed by atoms with Crippen molar-refractivity contribution in [3.63, 3.8) is 0 Å². The smallest absolute Gasteiger partial charge is 0.252 e. The molecule has 3 aliphatic heterocycles. The predicted octanol–water partition coefficient (Wildman–Crippen LogP) is 14.7. The van der Waals surface area contributed by atoms with E-state index in [1.807, 2.05) is 0 Å². The highest BCUT2D eigenvalue weighted by Crippen LogP contribution is 2.72. The fourth-order valence-corrected chi connectivity index (χ4v) is 12.6. The lowest BCUT2D eigenvalue weighted by molar-refractivity contribution is -0.0415. The highest BCUT2D eigenvalue weighted by molar-refractivity contribution is 7.00. The lowest BCUT2D eigenvalue weighted by atomic mass is 9.33.